The average molecular weight is 508 g/mol. The van der Waals surface area contributed by atoms with E-state index in [2.05, 4.69) is 37.0 Å². The number of aromatic nitrogens is 5. The van der Waals surface area contributed by atoms with E-state index in [9.17, 15) is 11.0 Å². The molecular weight excluding hydrogens is 479 g/mol. The first-order valence-electron chi connectivity index (χ1n) is 13.0. The number of nitriles is 1. The molecule has 0 aliphatic heterocycles. The molecule has 3 heterocycles. The zero-order chi connectivity index (χ0) is 28.2. The Morgan fingerprint density at radius 1 is 1.31 bits per heavy atom. The maximum absolute atomic E-state index is 13.7. The molecule has 1 saturated carbocycles. The van der Waals surface area contributed by atoms with Gasteiger partial charge in [0.15, 0.2) is 0 Å². The summed E-state index contributed by atoms with van der Waals surface area (Å²) in [5.74, 6) is -0.685. The Labute approximate surface area is 217 Å². The number of anilines is 2. The van der Waals surface area contributed by atoms with Gasteiger partial charge in [-0.1, -0.05) is 43.7 Å². The van der Waals surface area contributed by atoms with Gasteiger partial charge in [0, 0.05) is 32.7 Å². The van der Waals surface area contributed by atoms with Crippen molar-refractivity contribution in [2.45, 2.75) is 45.7 Å². The fourth-order valence-corrected chi connectivity index (χ4v) is 3.93. The maximum Gasteiger partial charge on any atom is 0.212 e. The molecule has 3 aromatic heterocycles. The van der Waals surface area contributed by atoms with Crippen molar-refractivity contribution >= 4 is 33.9 Å². The number of nitrogens with zero attached hydrogens (tertiary/aromatic N) is 6. The molecule has 0 spiro atoms. The third-order valence-electron chi connectivity index (χ3n) is 5.58. The van der Waals surface area contributed by atoms with Crippen LogP contribution in [-0.2, 0) is 0 Å². The van der Waals surface area contributed by atoms with Crippen molar-refractivity contribution in [3.05, 3.63) is 70.6 Å². The van der Waals surface area contributed by atoms with Crippen LogP contribution in [0.3, 0.4) is 0 Å². The lowest BCUT2D eigenvalue weighted by molar-refractivity contribution is 0.443. The van der Waals surface area contributed by atoms with E-state index in [-0.39, 0.29) is 28.0 Å². The Bertz CT molecular complexity index is 1590. The fraction of sp³-hybridized carbons (Fsp3) is 0.346. The number of rotatable bonds is 7. The Kier molecular flexibility index (Phi) is 5.31. The number of benzene rings is 1. The van der Waals surface area contributed by atoms with Crippen molar-refractivity contribution in [2.75, 3.05) is 17.1 Å². The third kappa shape index (κ3) is 5.09. The molecule has 1 aliphatic carbocycles. The van der Waals surface area contributed by atoms with Crippen molar-refractivity contribution in [3.8, 4) is 6.07 Å². The largest absolute Gasteiger partial charge is 0.383 e. The van der Waals surface area contributed by atoms with E-state index in [4.69, 9.17) is 14.3 Å². The van der Waals surface area contributed by atoms with Gasteiger partial charge in [-0.15, -0.1) is 5.10 Å². The molecule has 1 aromatic carbocycles. The second kappa shape index (κ2) is 9.36. The average Bonchev–Trinajstić information content (AvgIpc) is 3.59. The first kappa shape index (κ1) is 20.4. The van der Waals surface area contributed by atoms with Crippen LogP contribution in [0.15, 0.2) is 42.9 Å². The molecule has 0 unspecified atom stereocenters. The van der Waals surface area contributed by atoms with Crippen LogP contribution in [0.5, 0.6) is 0 Å². The molecule has 5 rings (SSSR count). The molecule has 0 saturated heterocycles. The smallest absolute Gasteiger partial charge is 0.212 e. The summed E-state index contributed by atoms with van der Waals surface area (Å²) in [6.07, 6.45) is 6.24. The summed E-state index contributed by atoms with van der Waals surface area (Å²) in [6.45, 7) is 3.34. The van der Waals surface area contributed by atoms with Crippen LogP contribution in [0.2, 0.25) is 5.02 Å². The van der Waals surface area contributed by atoms with Crippen molar-refractivity contribution < 1.29 is 8.50 Å². The highest BCUT2D eigenvalue weighted by Crippen LogP contribution is 2.37. The highest BCUT2D eigenvalue weighted by molar-refractivity contribution is 6.35. The number of nitrogens with one attached hydrogen (secondary N) is 2. The number of pyridine rings is 2. The molecule has 1 atom stereocenters. The van der Waals surface area contributed by atoms with E-state index in [1.54, 1.807) is 43.8 Å². The van der Waals surface area contributed by atoms with Gasteiger partial charge in [-0.3, -0.25) is 4.98 Å². The van der Waals surface area contributed by atoms with Gasteiger partial charge in [0.1, 0.15) is 11.8 Å². The van der Waals surface area contributed by atoms with Crippen LogP contribution < -0.4 is 10.6 Å². The molecule has 0 radical (unpaired) electrons. The Balaban J connectivity index is 1.65. The Hall–Kier alpha value is -3.77. The van der Waals surface area contributed by atoms with Gasteiger partial charge in [-0.05, 0) is 42.0 Å². The van der Waals surface area contributed by atoms with Crippen molar-refractivity contribution in [3.63, 3.8) is 0 Å². The predicted octanol–water partition coefficient (Wildman–Crippen LogP) is 5.88. The van der Waals surface area contributed by atoms with Crippen LogP contribution in [0, 0.1) is 22.7 Å². The summed E-state index contributed by atoms with van der Waals surface area (Å²) in [5.41, 5.74) is 0.854. The molecule has 0 bridgehead atoms. The molecule has 10 heteroatoms. The van der Waals surface area contributed by atoms with Crippen LogP contribution in [-0.4, -0.2) is 31.5 Å². The highest BCUT2D eigenvalue weighted by Gasteiger charge is 2.27. The molecule has 8 nitrogen and oxygen atoms in total. The Morgan fingerprint density at radius 2 is 2.11 bits per heavy atom. The summed E-state index contributed by atoms with van der Waals surface area (Å²) < 4.78 is 42.0. The highest BCUT2D eigenvalue weighted by atomic mass is 35.5. The van der Waals surface area contributed by atoms with Crippen molar-refractivity contribution in [1.82, 2.24) is 25.0 Å². The van der Waals surface area contributed by atoms with Crippen molar-refractivity contribution in [1.29, 1.82) is 5.26 Å². The molecule has 1 fully saturated rings. The first-order valence-corrected chi connectivity index (χ1v) is 11.8. The molecule has 184 valence electrons. The van der Waals surface area contributed by atoms with Gasteiger partial charge >= 0.3 is 0 Å². The van der Waals surface area contributed by atoms with Gasteiger partial charge in [0.25, 0.3) is 0 Å². The van der Waals surface area contributed by atoms with Crippen molar-refractivity contribution in [2.24, 2.45) is 5.41 Å². The van der Waals surface area contributed by atoms with Gasteiger partial charge in [-0.2, -0.15) is 9.65 Å². The number of hydrogen-bond acceptors (Lipinski definition) is 7. The van der Waals surface area contributed by atoms with Crippen LogP contribution in [0.25, 0.3) is 10.9 Å². The molecule has 1 aliphatic rings. The topological polar surface area (TPSA) is 104 Å². The second-order valence-corrected chi connectivity index (χ2v) is 10.1. The molecule has 0 amide bonds. The summed E-state index contributed by atoms with van der Waals surface area (Å²) >= 11 is 6.62. The van der Waals surface area contributed by atoms with E-state index in [0.717, 1.165) is 12.8 Å². The minimum atomic E-state index is -1.90. The summed E-state index contributed by atoms with van der Waals surface area (Å²) in [7, 11) is 0. The Morgan fingerprint density at radius 3 is 2.78 bits per heavy atom. The lowest BCUT2D eigenvalue weighted by atomic mass is 9.96. The SMILES string of the molecule is [2H]C([2H])(Nc1c(C#N)cnc2c(Cl)cc(N[C@]([2H])(c3ccc(F)nc3)c3cn(C4CC4)nn3)cc12)C(C)(C)C. The predicted molar refractivity (Wildman–Crippen MR) is 137 cm³/mol. The normalized spacial score (nSPS) is 16.9. The maximum atomic E-state index is 13.7. The monoisotopic (exact) mass is 507 g/mol. The van der Waals surface area contributed by atoms with Gasteiger partial charge in [-0.25, -0.2) is 9.67 Å². The lowest BCUT2D eigenvalue weighted by Gasteiger charge is -2.22. The van der Waals surface area contributed by atoms with E-state index >= 15 is 0 Å². The minimum Gasteiger partial charge on any atom is -0.383 e. The van der Waals surface area contributed by atoms with Gasteiger partial charge in [0.2, 0.25) is 5.95 Å². The van der Waals surface area contributed by atoms with Gasteiger partial charge in [0.05, 0.1) is 41.4 Å². The molecule has 2 N–H and O–H groups in total. The quantitative estimate of drug-likeness (QED) is 0.301. The number of hydrogen-bond donors (Lipinski definition) is 2. The summed E-state index contributed by atoms with van der Waals surface area (Å²) in [5, 5.41) is 24.9. The van der Waals surface area contributed by atoms with E-state index in [0.29, 0.717) is 22.2 Å². The summed E-state index contributed by atoms with van der Waals surface area (Å²) in [6, 6.07) is 6.40. The van der Waals surface area contributed by atoms with Crippen LogP contribution in [0.1, 0.15) is 66.6 Å². The van der Waals surface area contributed by atoms with Crippen LogP contribution in [0.4, 0.5) is 15.8 Å². The lowest BCUT2D eigenvalue weighted by Crippen LogP contribution is -2.20. The van der Waals surface area contributed by atoms with E-state index < -0.39 is 23.9 Å². The van der Waals surface area contributed by atoms with E-state index in [1.807, 2.05) is 0 Å². The summed E-state index contributed by atoms with van der Waals surface area (Å²) in [4.78, 5) is 8.06. The molecule has 36 heavy (non-hydrogen) atoms. The standard InChI is InChI=1S/C26H26ClFN8/c1-26(2,3)14-32-23-16(10-29)12-31-25-19(23)8-17(9-20(25)27)33-24(15-4-7-22(28)30-11-15)21-13-36(35-34-21)18-5-6-18/h4,7-9,11-13,18,24,33H,5-6,14H2,1-3H3,(H,31,32)/t24-/m1/s1/i14D2,24D. The minimum absolute atomic E-state index is 0.135. The number of halogens is 2. The zero-order valence-electron chi connectivity index (χ0n) is 23.0. The number of fused-ring (bicyclic) bond motifs is 1. The second-order valence-electron chi connectivity index (χ2n) is 9.70. The molecule has 4 aromatic rings. The zero-order valence-corrected chi connectivity index (χ0v) is 20.7. The first-order chi connectivity index (χ1) is 18.3. The fourth-order valence-electron chi connectivity index (χ4n) is 3.66. The van der Waals surface area contributed by atoms with E-state index in [1.165, 1.54) is 24.5 Å². The third-order valence-corrected chi connectivity index (χ3v) is 5.87. The molecular formula is C26H26ClFN8. The van der Waals surface area contributed by atoms with Gasteiger partial charge < -0.3 is 10.6 Å². The van der Waals surface area contributed by atoms with Crippen LogP contribution >= 0.6 is 11.6 Å².